The third-order valence-corrected chi connectivity index (χ3v) is 4.71. The number of carbonyl (C=O) groups is 1. The maximum absolute atomic E-state index is 12.0. The molecule has 3 rings (SSSR count). The van der Waals surface area contributed by atoms with Gasteiger partial charge in [-0.2, -0.15) is 5.10 Å². The van der Waals surface area contributed by atoms with Crippen LogP contribution in [0.15, 0.2) is 59.7 Å². The number of carbonyl (C=O) groups excluding carboxylic acids is 1. The number of hydrogen-bond donors (Lipinski definition) is 1. The first-order valence-electron chi connectivity index (χ1n) is 9.02. The van der Waals surface area contributed by atoms with Gasteiger partial charge < -0.3 is 14.0 Å². The lowest BCUT2D eigenvalue weighted by Gasteiger charge is -2.11. The van der Waals surface area contributed by atoms with Gasteiger partial charge >= 0.3 is 0 Å². The first-order valence-corrected chi connectivity index (χ1v) is 9.40. The van der Waals surface area contributed by atoms with Crippen LogP contribution in [0.2, 0.25) is 5.02 Å². The van der Waals surface area contributed by atoms with Crippen molar-refractivity contribution in [1.29, 1.82) is 0 Å². The van der Waals surface area contributed by atoms with Gasteiger partial charge in [0.15, 0.2) is 6.61 Å². The Hall–Kier alpha value is -3.25. The summed E-state index contributed by atoms with van der Waals surface area (Å²) in [6, 6.07) is 16.6. The molecule has 0 atom stereocenters. The molecule has 1 aromatic heterocycles. The molecule has 0 aliphatic rings. The summed E-state index contributed by atoms with van der Waals surface area (Å²) in [6.45, 7) is 3.84. The fourth-order valence-electron chi connectivity index (χ4n) is 2.95. The van der Waals surface area contributed by atoms with E-state index < -0.39 is 0 Å². The van der Waals surface area contributed by atoms with E-state index in [4.69, 9.17) is 21.1 Å². The highest BCUT2D eigenvalue weighted by Gasteiger charge is 2.11. The number of nitrogens with one attached hydrogen (secondary N) is 1. The minimum absolute atomic E-state index is 0.137. The van der Waals surface area contributed by atoms with Gasteiger partial charge in [0.2, 0.25) is 0 Å². The van der Waals surface area contributed by atoms with Crippen LogP contribution in [-0.4, -0.2) is 30.4 Å². The molecule has 1 heterocycles. The van der Waals surface area contributed by atoms with Crippen LogP contribution in [-0.2, 0) is 4.79 Å². The van der Waals surface area contributed by atoms with Crippen molar-refractivity contribution in [3.8, 4) is 17.2 Å². The number of aryl methyl sites for hydroxylation is 1. The van der Waals surface area contributed by atoms with E-state index in [9.17, 15) is 4.79 Å². The van der Waals surface area contributed by atoms with E-state index in [1.807, 2.05) is 44.2 Å². The van der Waals surface area contributed by atoms with Gasteiger partial charge in [0.1, 0.15) is 11.5 Å². The largest absolute Gasteiger partial charge is 0.497 e. The van der Waals surface area contributed by atoms with Gasteiger partial charge in [0.25, 0.3) is 5.91 Å². The molecule has 1 amide bonds. The normalized spacial score (nSPS) is 10.9. The lowest BCUT2D eigenvalue weighted by Crippen LogP contribution is -2.24. The molecular formula is C22H22ClN3O3. The molecule has 0 aliphatic carbocycles. The molecule has 2 aromatic carbocycles. The molecule has 0 aliphatic heterocycles. The Balaban J connectivity index is 1.61. The molecule has 3 aromatic rings. The van der Waals surface area contributed by atoms with Crippen LogP contribution < -0.4 is 14.9 Å². The highest BCUT2D eigenvalue weighted by atomic mass is 35.5. The lowest BCUT2D eigenvalue weighted by molar-refractivity contribution is -0.123. The van der Waals surface area contributed by atoms with Crippen LogP contribution in [0.4, 0.5) is 0 Å². The standard InChI is InChI=1S/C22H22ClN3O3/c1-15-12-17(16(2)26(15)21-7-5-4-6-20(21)23)13-24-25-22(27)14-29-19-10-8-18(28-3)9-11-19/h4-13H,14H2,1-3H3,(H,25,27)/b24-13-. The molecular weight excluding hydrogens is 390 g/mol. The minimum atomic E-state index is -0.350. The quantitative estimate of drug-likeness (QED) is 0.466. The predicted octanol–water partition coefficient (Wildman–Crippen LogP) is 4.29. The van der Waals surface area contributed by atoms with Gasteiger partial charge in [-0.15, -0.1) is 0 Å². The summed E-state index contributed by atoms with van der Waals surface area (Å²) < 4.78 is 12.6. The summed E-state index contributed by atoms with van der Waals surface area (Å²) in [5.74, 6) is 0.950. The second-order valence-electron chi connectivity index (χ2n) is 6.37. The Bertz CT molecular complexity index is 1030. The second kappa shape index (κ2) is 9.30. The van der Waals surface area contributed by atoms with Crippen LogP contribution in [0.25, 0.3) is 5.69 Å². The van der Waals surface area contributed by atoms with Crippen molar-refractivity contribution in [3.05, 3.63) is 76.6 Å². The highest BCUT2D eigenvalue weighted by Crippen LogP contribution is 2.25. The molecule has 1 N–H and O–H groups in total. The van der Waals surface area contributed by atoms with E-state index in [1.165, 1.54) is 0 Å². The Kier molecular flexibility index (Phi) is 6.57. The molecule has 0 spiro atoms. The molecule has 0 unspecified atom stereocenters. The number of hydrazone groups is 1. The van der Waals surface area contributed by atoms with E-state index in [1.54, 1.807) is 37.6 Å². The van der Waals surface area contributed by atoms with E-state index >= 15 is 0 Å². The smallest absolute Gasteiger partial charge is 0.277 e. The molecule has 0 radical (unpaired) electrons. The molecule has 0 fully saturated rings. The zero-order chi connectivity index (χ0) is 20.8. The number of benzene rings is 2. The van der Waals surface area contributed by atoms with Crippen LogP contribution in [0.5, 0.6) is 11.5 Å². The summed E-state index contributed by atoms with van der Waals surface area (Å²) in [4.78, 5) is 12.0. The number of halogens is 1. The number of hydrogen-bond acceptors (Lipinski definition) is 4. The van der Waals surface area contributed by atoms with Crippen LogP contribution in [0.3, 0.4) is 0 Å². The van der Waals surface area contributed by atoms with E-state index in [2.05, 4.69) is 15.1 Å². The minimum Gasteiger partial charge on any atom is -0.497 e. The molecule has 0 saturated heterocycles. The SMILES string of the molecule is COc1ccc(OCC(=O)N/N=C\c2cc(C)n(-c3ccccc3Cl)c2C)cc1. The average Bonchev–Trinajstić information content (AvgIpc) is 3.00. The van der Waals surface area contributed by atoms with Crippen molar-refractivity contribution in [2.24, 2.45) is 5.10 Å². The topological polar surface area (TPSA) is 64.8 Å². The summed E-state index contributed by atoms with van der Waals surface area (Å²) in [5, 5.41) is 4.71. The van der Waals surface area contributed by atoms with Crippen molar-refractivity contribution in [2.45, 2.75) is 13.8 Å². The Labute approximate surface area is 174 Å². The summed E-state index contributed by atoms with van der Waals surface area (Å²) >= 11 is 6.33. The number of ether oxygens (including phenoxy) is 2. The third-order valence-electron chi connectivity index (χ3n) is 4.39. The van der Waals surface area contributed by atoms with E-state index in [0.29, 0.717) is 10.8 Å². The lowest BCUT2D eigenvalue weighted by atomic mass is 10.2. The molecule has 29 heavy (non-hydrogen) atoms. The second-order valence-corrected chi connectivity index (χ2v) is 6.78. The molecule has 7 heteroatoms. The number of rotatable bonds is 7. The van der Waals surface area contributed by atoms with Crippen molar-refractivity contribution < 1.29 is 14.3 Å². The molecule has 6 nitrogen and oxygen atoms in total. The van der Waals surface area contributed by atoms with Gasteiger partial charge in [0, 0.05) is 17.0 Å². The van der Waals surface area contributed by atoms with Crippen LogP contribution in [0, 0.1) is 13.8 Å². The number of methoxy groups -OCH3 is 1. The van der Waals surface area contributed by atoms with Crippen LogP contribution in [0.1, 0.15) is 17.0 Å². The summed E-state index contributed by atoms with van der Waals surface area (Å²) in [5.41, 5.74) is 6.26. The fourth-order valence-corrected chi connectivity index (χ4v) is 3.17. The fraction of sp³-hybridized carbons (Fsp3) is 0.182. The van der Waals surface area contributed by atoms with Gasteiger partial charge in [0.05, 0.1) is 24.0 Å². The zero-order valence-corrected chi connectivity index (χ0v) is 17.2. The van der Waals surface area contributed by atoms with Crippen LogP contribution >= 0.6 is 11.6 Å². The Morgan fingerprint density at radius 2 is 1.83 bits per heavy atom. The summed E-state index contributed by atoms with van der Waals surface area (Å²) in [7, 11) is 1.59. The first-order chi connectivity index (χ1) is 14.0. The molecule has 150 valence electrons. The number of para-hydroxylation sites is 1. The predicted molar refractivity (Wildman–Crippen MR) is 114 cm³/mol. The number of aromatic nitrogens is 1. The van der Waals surface area contributed by atoms with Crippen molar-refractivity contribution in [3.63, 3.8) is 0 Å². The first kappa shape index (κ1) is 20.5. The average molecular weight is 412 g/mol. The molecule has 0 saturated carbocycles. The van der Waals surface area contributed by atoms with E-state index in [-0.39, 0.29) is 12.5 Å². The molecule has 0 bridgehead atoms. The maximum atomic E-state index is 12.0. The summed E-state index contributed by atoms with van der Waals surface area (Å²) in [6.07, 6.45) is 1.61. The van der Waals surface area contributed by atoms with Gasteiger partial charge in [-0.05, 0) is 56.3 Å². The monoisotopic (exact) mass is 411 g/mol. The third kappa shape index (κ3) is 4.97. The maximum Gasteiger partial charge on any atom is 0.277 e. The highest BCUT2D eigenvalue weighted by molar-refractivity contribution is 6.32. The Morgan fingerprint density at radius 1 is 1.14 bits per heavy atom. The number of amides is 1. The van der Waals surface area contributed by atoms with Crippen molar-refractivity contribution in [1.82, 2.24) is 9.99 Å². The Morgan fingerprint density at radius 3 is 2.52 bits per heavy atom. The zero-order valence-electron chi connectivity index (χ0n) is 16.5. The van der Waals surface area contributed by atoms with Crippen molar-refractivity contribution in [2.75, 3.05) is 13.7 Å². The van der Waals surface area contributed by atoms with Gasteiger partial charge in [-0.25, -0.2) is 5.43 Å². The van der Waals surface area contributed by atoms with Crippen molar-refractivity contribution >= 4 is 23.7 Å². The number of nitrogens with zero attached hydrogens (tertiary/aromatic N) is 2. The van der Waals surface area contributed by atoms with Gasteiger partial charge in [-0.1, -0.05) is 23.7 Å². The van der Waals surface area contributed by atoms with E-state index in [0.717, 1.165) is 28.4 Å². The van der Waals surface area contributed by atoms with Gasteiger partial charge in [-0.3, -0.25) is 4.79 Å².